The summed E-state index contributed by atoms with van der Waals surface area (Å²) in [7, 11) is -1.57. The lowest BCUT2D eigenvalue weighted by atomic mass is 10.1. The number of sulfonamides is 1. The number of aromatic nitrogens is 1. The van der Waals surface area contributed by atoms with Gasteiger partial charge in [-0.15, -0.1) is 24.0 Å². The maximum absolute atomic E-state index is 13.9. The predicted octanol–water partition coefficient (Wildman–Crippen LogP) is 5.30. The van der Waals surface area contributed by atoms with Crippen molar-refractivity contribution in [2.75, 3.05) is 31.7 Å². The van der Waals surface area contributed by atoms with Gasteiger partial charge in [0.2, 0.25) is 10.0 Å². The molecule has 1 aromatic carbocycles. The number of rotatable bonds is 4. The summed E-state index contributed by atoms with van der Waals surface area (Å²) < 4.78 is 51.8. The molecule has 1 aromatic heterocycles. The Bertz CT molecular complexity index is 1010. The van der Waals surface area contributed by atoms with Crippen LogP contribution in [0.3, 0.4) is 0 Å². The molecule has 2 heterocycles. The number of anilines is 1. The molecule has 3 rings (SSSR count). The van der Waals surface area contributed by atoms with Gasteiger partial charge in [0.25, 0.3) is 0 Å². The number of hydrogen-bond donors (Lipinski definition) is 1. The van der Waals surface area contributed by atoms with Crippen LogP contribution in [0.1, 0.15) is 12.8 Å². The van der Waals surface area contributed by atoms with E-state index in [9.17, 15) is 22.0 Å². The molecule has 1 aliphatic rings. The summed E-state index contributed by atoms with van der Waals surface area (Å²) in [5.41, 5.74) is 0.704. The van der Waals surface area contributed by atoms with E-state index < -0.39 is 21.7 Å². The van der Waals surface area contributed by atoms with Gasteiger partial charge in [0.1, 0.15) is 11.6 Å². The number of hydrogen-bond acceptors (Lipinski definition) is 4. The van der Waals surface area contributed by atoms with Crippen LogP contribution >= 0.6 is 61.2 Å². The van der Waals surface area contributed by atoms with Crippen molar-refractivity contribution in [3.8, 4) is 11.3 Å². The Hall–Kier alpha value is -0.400. The summed E-state index contributed by atoms with van der Waals surface area (Å²) in [6, 6.07) is 5.75. The van der Waals surface area contributed by atoms with Crippen LogP contribution in [0.25, 0.3) is 11.3 Å². The van der Waals surface area contributed by atoms with E-state index in [0.29, 0.717) is 31.6 Å². The van der Waals surface area contributed by atoms with Crippen LogP contribution in [-0.4, -0.2) is 61.1 Å². The molecule has 0 bridgehead atoms. The van der Waals surface area contributed by atoms with E-state index in [-0.39, 0.29) is 47.3 Å². The van der Waals surface area contributed by atoms with E-state index in [2.05, 4.69) is 47.5 Å². The van der Waals surface area contributed by atoms with Crippen LogP contribution in [0.15, 0.2) is 36.5 Å². The number of amides is 2. The molecule has 1 fully saturated rings. The Balaban J connectivity index is 0.00000166. The highest BCUT2D eigenvalue weighted by Crippen LogP contribution is 2.23. The second-order valence-electron chi connectivity index (χ2n) is 6.99. The minimum absolute atomic E-state index is 0. The van der Waals surface area contributed by atoms with E-state index in [0.717, 1.165) is 18.2 Å². The molecule has 0 radical (unpaired) electrons. The molecule has 7 nitrogen and oxygen atoms in total. The van der Waals surface area contributed by atoms with Gasteiger partial charge in [-0.1, -0.05) is 0 Å². The Morgan fingerprint density at radius 1 is 1.19 bits per heavy atom. The van der Waals surface area contributed by atoms with Gasteiger partial charge in [0.15, 0.2) is 0 Å². The summed E-state index contributed by atoms with van der Waals surface area (Å²) >= 11 is 4.24. The average molecular weight is 806 g/mol. The van der Waals surface area contributed by atoms with Crippen LogP contribution in [0.4, 0.5) is 19.3 Å². The molecule has 1 N–H and O–H groups in total. The van der Waals surface area contributed by atoms with Gasteiger partial charge in [-0.25, -0.2) is 26.3 Å². The van der Waals surface area contributed by atoms with Crippen molar-refractivity contribution in [2.24, 2.45) is 0 Å². The molecule has 0 unspecified atom stereocenters. The molecular formula is C19H23F2I3N4O3S. The number of nitrogens with one attached hydrogen (secondary N) is 1. The van der Waals surface area contributed by atoms with E-state index in [1.807, 2.05) is 0 Å². The summed E-state index contributed by atoms with van der Waals surface area (Å²) in [6.45, 7) is 0.743. The van der Waals surface area contributed by atoms with Gasteiger partial charge < -0.3 is 10.2 Å². The number of urea groups is 1. The summed E-state index contributed by atoms with van der Waals surface area (Å²) in [5.74, 6) is -1.15. The third-order valence-corrected chi connectivity index (χ3v) is 6.28. The highest BCUT2D eigenvalue weighted by atomic mass is 128. The van der Waals surface area contributed by atoms with Crippen LogP contribution in [-0.2, 0) is 10.0 Å². The normalized spacial score (nSPS) is 14.6. The molecule has 2 aromatic rings. The topological polar surface area (TPSA) is 82.6 Å². The van der Waals surface area contributed by atoms with Crippen LogP contribution in [0.2, 0.25) is 0 Å². The van der Waals surface area contributed by atoms with E-state index in [1.165, 1.54) is 22.8 Å². The predicted molar refractivity (Wildman–Crippen MR) is 149 cm³/mol. The van der Waals surface area contributed by atoms with Crippen molar-refractivity contribution in [3.05, 3.63) is 48.2 Å². The van der Waals surface area contributed by atoms with E-state index >= 15 is 0 Å². The lowest BCUT2D eigenvalue weighted by Crippen LogP contribution is -2.48. The summed E-state index contributed by atoms with van der Waals surface area (Å²) in [6.07, 6.45) is 3.65. The van der Waals surface area contributed by atoms with Crippen molar-refractivity contribution in [2.45, 2.75) is 18.9 Å². The molecule has 13 heteroatoms. The fourth-order valence-corrected chi connectivity index (χ4v) is 4.13. The van der Waals surface area contributed by atoms with Crippen LogP contribution in [0, 0.1) is 11.6 Å². The molecule has 32 heavy (non-hydrogen) atoms. The highest BCUT2D eigenvalue weighted by molar-refractivity contribution is 15.0. The standard InChI is InChI=1S/C19H22F2N4O3S.I2.HI/c1-24(15-7-9-25(10-8-15)29(2,27)28)19(26)23-14-4-6-18(22-12-14)16-11-13(20)3-5-17(16)21;1-2;/h3-6,11-12,15H,7-10H2,1-2H3,(H,23,26);;1H. The van der Waals surface area contributed by atoms with Gasteiger partial charge in [-0.05, 0) is 43.2 Å². The molecule has 0 saturated carbocycles. The largest absolute Gasteiger partial charge is 0.325 e. The Morgan fingerprint density at radius 2 is 1.81 bits per heavy atom. The smallest absolute Gasteiger partial charge is 0.321 e. The van der Waals surface area contributed by atoms with E-state index in [4.69, 9.17) is 0 Å². The number of piperidine rings is 1. The molecular weight excluding hydrogens is 783 g/mol. The quantitative estimate of drug-likeness (QED) is 0.426. The van der Waals surface area contributed by atoms with Crippen LogP contribution < -0.4 is 5.32 Å². The van der Waals surface area contributed by atoms with Crippen molar-refractivity contribution in [1.29, 1.82) is 0 Å². The van der Waals surface area contributed by atoms with Crippen molar-refractivity contribution < 1.29 is 22.0 Å². The average Bonchev–Trinajstić information content (AvgIpc) is 2.76. The summed E-state index contributed by atoms with van der Waals surface area (Å²) in [4.78, 5) is 18.1. The number of halogens is 5. The molecule has 0 spiro atoms. The first-order valence-corrected chi connectivity index (χ1v) is 17.3. The van der Waals surface area contributed by atoms with Crippen molar-refractivity contribution in [1.82, 2.24) is 14.2 Å². The Morgan fingerprint density at radius 3 is 2.34 bits per heavy atom. The van der Waals surface area contributed by atoms with Crippen molar-refractivity contribution >= 4 is 83.0 Å². The lowest BCUT2D eigenvalue weighted by molar-refractivity contribution is 0.174. The maximum Gasteiger partial charge on any atom is 0.321 e. The van der Waals surface area contributed by atoms with Gasteiger partial charge in [-0.3, -0.25) is 4.98 Å². The van der Waals surface area contributed by atoms with Crippen molar-refractivity contribution in [3.63, 3.8) is 0 Å². The Labute approximate surface area is 227 Å². The van der Waals surface area contributed by atoms with Crippen LogP contribution in [0.5, 0.6) is 0 Å². The van der Waals surface area contributed by atoms with Gasteiger partial charge in [-0.2, -0.15) is 0 Å². The first kappa shape index (κ1) is 29.6. The van der Waals surface area contributed by atoms with Gasteiger partial charge in [0, 0.05) is 69.0 Å². The van der Waals surface area contributed by atoms with Gasteiger partial charge >= 0.3 is 6.03 Å². The zero-order chi connectivity index (χ0) is 23.2. The summed E-state index contributed by atoms with van der Waals surface area (Å²) in [5, 5.41) is 2.71. The maximum atomic E-state index is 13.9. The first-order valence-electron chi connectivity index (χ1n) is 9.20. The second kappa shape index (κ2) is 13.5. The number of carbonyl (C=O) groups excluding carboxylic acids is 1. The first-order chi connectivity index (χ1) is 14.6. The molecule has 178 valence electrons. The molecule has 2 amide bonds. The number of carbonyl (C=O) groups is 1. The third kappa shape index (κ3) is 8.12. The molecule has 1 aliphatic heterocycles. The van der Waals surface area contributed by atoms with Gasteiger partial charge in [0.05, 0.1) is 23.8 Å². The minimum atomic E-state index is -3.22. The number of pyridine rings is 1. The number of benzene rings is 1. The zero-order valence-electron chi connectivity index (χ0n) is 17.3. The fraction of sp³-hybridized carbons (Fsp3) is 0.368. The molecule has 0 atom stereocenters. The zero-order valence-corrected chi connectivity index (χ0v) is 24.7. The second-order valence-corrected chi connectivity index (χ2v) is 8.97. The third-order valence-electron chi connectivity index (χ3n) is 4.98. The van der Waals surface area contributed by atoms with E-state index in [1.54, 1.807) is 18.0 Å². The minimum Gasteiger partial charge on any atom is -0.325 e. The Kier molecular flexibility index (Phi) is 12.5. The lowest BCUT2D eigenvalue weighted by Gasteiger charge is -2.35. The fourth-order valence-electron chi connectivity index (χ4n) is 3.26. The highest BCUT2D eigenvalue weighted by Gasteiger charge is 2.29. The number of nitrogens with zero attached hydrogens (tertiary/aromatic N) is 3. The SMILES string of the molecule is CN(C(=O)Nc1ccc(-c2cc(F)ccc2F)nc1)C1CCN(S(C)(=O)=O)CC1.I.II. The molecule has 0 aliphatic carbocycles. The monoisotopic (exact) mass is 806 g/mol. The molecule has 1 saturated heterocycles.